The van der Waals surface area contributed by atoms with Gasteiger partial charge < -0.3 is 19.7 Å². The first kappa shape index (κ1) is 17.8. The fourth-order valence-corrected chi connectivity index (χ4v) is 3.11. The maximum absolute atomic E-state index is 12.7. The van der Waals surface area contributed by atoms with Crippen LogP contribution in [0.3, 0.4) is 0 Å². The monoisotopic (exact) mass is 380 g/mol. The van der Waals surface area contributed by atoms with Crippen LogP contribution in [0.4, 0.5) is 11.5 Å². The Bertz CT molecular complexity index is 1110. The minimum Gasteiger partial charge on any atom is -0.486 e. The van der Waals surface area contributed by atoms with Crippen LogP contribution >= 0.6 is 0 Å². The van der Waals surface area contributed by atoms with Crippen LogP contribution in [-0.4, -0.2) is 43.0 Å². The second kappa shape index (κ2) is 7.22. The summed E-state index contributed by atoms with van der Waals surface area (Å²) >= 11 is 0. The van der Waals surface area contributed by atoms with Crippen molar-refractivity contribution in [3.63, 3.8) is 0 Å². The highest BCUT2D eigenvalue weighted by atomic mass is 16.6. The van der Waals surface area contributed by atoms with E-state index in [1.165, 1.54) is 4.68 Å². The maximum Gasteiger partial charge on any atom is 0.275 e. The van der Waals surface area contributed by atoms with E-state index in [1.54, 1.807) is 30.3 Å². The molecule has 0 unspecified atom stereocenters. The number of carbonyl (C=O) groups excluding carboxylic acids is 1. The third kappa shape index (κ3) is 3.36. The molecule has 1 aliphatic heterocycles. The van der Waals surface area contributed by atoms with Gasteiger partial charge in [-0.15, -0.1) is 0 Å². The normalized spacial score (nSPS) is 12.6. The lowest BCUT2D eigenvalue weighted by atomic mass is 10.2. The Labute approximate surface area is 161 Å². The average Bonchev–Trinajstić information content (AvgIpc) is 2.70. The zero-order valence-corrected chi connectivity index (χ0v) is 15.6. The van der Waals surface area contributed by atoms with Crippen molar-refractivity contribution >= 4 is 28.2 Å². The van der Waals surface area contributed by atoms with Crippen LogP contribution in [0.25, 0.3) is 10.8 Å². The quantitative estimate of drug-likeness (QED) is 0.744. The van der Waals surface area contributed by atoms with E-state index < -0.39 is 0 Å². The second-order valence-electron chi connectivity index (χ2n) is 6.63. The number of hydrogen-bond acceptors (Lipinski definition) is 6. The van der Waals surface area contributed by atoms with Crippen molar-refractivity contribution in [2.45, 2.75) is 6.54 Å². The molecular weight excluding hydrogens is 360 g/mol. The fraction of sp³-hybridized carbons (Fsp3) is 0.250. The van der Waals surface area contributed by atoms with Gasteiger partial charge in [-0.2, -0.15) is 5.10 Å². The van der Waals surface area contributed by atoms with Crippen molar-refractivity contribution < 1.29 is 14.3 Å². The zero-order valence-electron chi connectivity index (χ0n) is 15.6. The summed E-state index contributed by atoms with van der Waals surface area (Å²) in [6.07, 6.45) is 0. The van der Waals surface area contributed by atoms with Crippen LogP contribution < -0.4 is 25.2 Å². The molecule has 0 radical (unpaired) electrons. The lowest BCUT2D eigenvalue weighted by molar-refractivity contribution is -0.117. The van der Waals surface area contributed by atoms with Crippen molar-refractivity contribution in [3.8, 4) is 11.5 Å². The SMILES string of the molecule is CN(C)c1nn(CC(=O)Nc2ccc3c(c2)OCCO3)c(=O)c2ccccc12. The molecular formula is C20H20N4O4. The number of nitrogens with one attached hydrogen (secondary N) is 1. The molecule has 0 fully saturated rings. The van der Waals surface area contributed by atoms with E-state index in [4.69, 9.17) is 9.47 Å². The van der Waals surface area contributed by atoms with Gasteiger partial charge in [-0.05, 0) is 18.2 Å². The number of fused-ring (bicyclic) bond motifs is 2. The Kier molecular flexibility index (Phi) is 4.60. The molecule has 144 valence electrons. The first-order valence-corrected chi connectivity index (χ1v) is 8.89. The molecule has 2 heterocycles. The third-order valence-electron chi connectivity index (χ3n) is 4.39. The minimum atomic E-state index is -0.355. The second-order valence-corrected chi connectivity index (χ2v) is 6.63. The van der Waals surface area contributed by atoms with Gasteiger partial charge in [0, 0.05) is 31.2 Å². The summed E-state index contributed by atoms with van der Waals surface area (Å²) in [7, 11) is 3.69. The number of amides is 1. The summed E-state index contributed by atoms with van der Waals surface area (Å²) in [6.45, 7) is 0.774. The maximum atomic E-state index is 12.7. The van der Waals surface area contributed by atoms with Crippen LogP contribution in [0.5, 0.6) is 11.5 Å². The predicted octanol–water partition coefficient (Wildman–Crippen LogP) is 1.87. The summed E-state index contributed by atoms with van der Waals surface area (Å²) in [6, 6.07) is 12.4. The van der Waals surface area contributed by atoms with Crippen LogP contribution in [0.2, 0.25) is 0 Å². The molecule has 0 aliphatic carbocycles. The molecule has 1 N–H and O–H groups in total. The number of rotatable bonds is 4. The number of nitrogens with zero attached hydrogens (tertiary/aromatic N) is 3. The lowest BCUT2D eigenvalue weighted by Gasteiger charge is -2.19. The lowest BCUT2D eigenvalue weighted by Crippen LogP contribution is -2.31. The van der Waals surface area contributed by atoms with Gasteiger partial charge in [-0.25, -0.2) is 4.68 Å². The highest BCUT2D eigenvalue weighted by molar-refractivity contribution is 5.93. The first-order chi connectivity index (χ1) is 13.5. The highest BCUT2D eigenvalue weighted by Crippen LogP contribution is 2.32. The van der Waals surface area contributed by atoms with Gasteiger partial charge >= 0.3 is 0 Å². The van der Waals surface area contributed by atoms with Crippen molar-refractivity contribution in [1.29, 1.82) is 0 Å². The molecule has 8 heteroatoms. The van der Waals surface area contributed by atoms with Gasteiger partial charge in [-0.3, -0.25) is 9.59 Å². The van der Waals surface area contributed by atoms with Crippen LogP contribution in [0.1, 0.15) is 0 Å². The van der Waals surface area contributed by atoms with Crippen LogP contribution in [0, 0.1) is 0 Å². The van der Waals surface area contributed by atoms with Crippen molar-refractivity contribution in [2.75, 3.05) is 37.5 Å². The molecule has 0 saturated carbocycles. The highest BCUT2D eigenvalue weighted by Gasteiger charge is 2.16. The predicted molar refractivity (Wildman–Crippen MR) is 106 cm³/mol. The van der Waals surface area contributed by atoms with Gasteiger partial charge in [-0.1, -0.05) is 18.2 Å². The standard InChI is InChI=1S/C20H20N4O4/c1-23(2)19-14-5-3-4-6-15(14)20(26)24(22-19)12-18(25)21-13-7-8-16-17(11-13)28-10-9-27-16/h3-8,11H,9-10,12H2,1-2H3,(H,21,25). The number of benzene rings is 2. The van der Waals surface area contributed by atoms with E-state index in [-0.39, 0.29) is 18.0 Å². The Morgan fingerprint density at radius 2 is 1.82 bits per heavy atom. The summed E-state index contributed by atoms with van der Waals surface area (Å²) in [5, 5.41) is 8.43. The van der Waals surface area contributed by atoms with E-state index in [1.807, 2.05) is 31.1 Å². The Morgan fingerprint density at radius 1 is 1.11 bits per heavy atom. The Balaban J connectivity index is 1.60. The van der Waals surface area contributed by atoms with Crippen LogP contribution in [0.15, 0.2) is 47.3 Å². The summed E-state index contributed by atoms with van der Waals surface area (Å²) < 4.78 is 12.2. The van der Waals surface area contributed by atoms with E-state index in [9.17, 15) is 9.59 Å². The molecule has 2 aromatic carbocycles. The van der Waals surface area contributed by atoms with E-state index in [0.717, 1.165) is 5.39 Å². The molecule has 0 spiro atoms. The molecule has 0 bridgehead atoms. The number of hydrogen-bond donors (Lipinski definition) is 1. The smallest absolute Gasteiger partial charge is 0.275 e. The molecule has 28 heavy (non-hydrogen) atoms. The zero-order chi connectivity index (χ0) is 19.7. The topological polar surface area (TPSA) is 85.7 Å². The third-order valence-corrected chi connectivity index (χ3v) is 4.39. The van der Waals surface area contributed by atoms with Crippen molar-refractivity contribution in [2.24, 2.45) is 0 Å². The van der Waals surface area contributed by atoms with E-state index in [0.29, 0.717) is 41.6 Å². The largest absolute Gasteiger partial charge is 0.486 e. The van der Waals surface area contributed by atoms with Crippen LogP contribution in [-0.2, 0) is 11.3 Å². The van der Waals surface area contributed by atoms with Gasteiger partial charge in [0.2, 0.25) is 5.91 Å². The van der Waals surface area contributed by atoms with E-state index in [2.05, 4.69) is 10.4 Å². The number of carbonyl (C=O) groups is 1. The summed E-state index contributed by atoms with van der Waals surface area (Å²) in [4.78, 5) is 27.1. The van der Waals surface area contributed by atoms with E-state index >= 15 is 0 Å². The first-order valence-electron chi connectivity index (χ1n) is 8.89. The number of anilines is 2. The van der Waals surface area contributed by atoms with Crippen molar-refractivity contribution in [1.82, 2.24) is 9.78 Å². The Morgan fingerprint density at radius 3 is 2.57 bits per heavy atom. The summed E-state index contributed by atoms with van der Waals surface area (Å²) in [5.41, 5.74) is 0.259. The molecule has 0 atom stereocenters. The van der Waals surface area contributed by atoms with Gasteiger partial charge in [0.25, 0.3) is 5.56 Å². The molecule has 1 amide bonds. The molecule has 3 aromatic rings. The number of aromatic nitrogens is 2. The molecule has 8 nitrogen and oxygen atoms in total. The average molecular weight is 380 g/mol. The molecule has 1 aromatic heterocycles. The van der Waals surface area contributed by atoms with Gasteiger partial charge in [0.15, 0.2) is 17.3 Å². The fourth-order valence-electron chi connectivity index (χ4n) is 3.11. The number of ether oxygens (including phenoxy) is 2. The molecule has 4 rings (SSSR count). The van der Waals surface area contributed by atoms with Gasteiger partial charge in [0.1, 0.15) is 19.8 Å². The Hall–Kier alpha value is -3.55. The summed E-state index contributed by atoms with van der Waals surface area (Å²) in [5.74, 6) is 1.50. The minimum absolute atomic E-state index is 0.195. The van der Waals surface area contributed by atoms with Crippen molar-refractivity contribution in [3.05, 3.63) is 52.8 Å². The molecule has 1 aliphatic rings. The molecule has 0 saturated heterocycles. The van der Waals surface area contributed by atoms with Gasteiger partial charge in [0.05, 0.1) is 5.39 Å².